The van der Waals surface area contributed by atoms with Gasteiger partial charge in [0, 0.05) is 10.2 Å². The third kappa shape index (κ3) is 3.16. The molecule has 2 aromatic rings. The number of benzene rings is 2. The predicted molar refractivity (Wildman–Crippen MR) is 85.4 cm³/mol. The van der Waals surface area contributed by atoms with Gasteiger partial charge < -0.3 is 11.1 Å². The van der Waals surface area contributed by atoms with Crippen LogP contribution in [0.1, 0.15) is 15.9 Å². The molecule has 0 saturated carbocycles. The Kier molecular flexibility index (Phi) is 4.27. The van der Waals surface area contributed by atoms with Gasteiger partial charge in [-0.2, -0.15) is 0 Å². The molecule has 2 rings (SSSR count). The molecule has 0 aromatic heterocycles. The fraction of sp³-hybridized carbons (Fsp3) is 0.0714. The maximum Gasteiger partial charge on any atom is 0.256 e. The maximum atomic E-state index is 12.2. The van der Waals surface area contributed by atoms with Crippen LogP contribution in [-0.2, 0) is 0 Å². The Balaban J connectivity index is 2.28. The highest BCUT2D eigenvalue weighted by atomic mass is 79.9. The molecule has 3 nitrogen and oxygen atoms in total. The van der Waals surface area contributed by atoms with E-state index >= 15 is 0 Å². The summed E-state index contributed by atoms with van der Waals surface area (Å²) < 4.78 is 1.46. The van der Waals surface area contributed by atoms with Crippen molar-refractivity contribution in [2.24, 2.45) is 0 Å². The Morgan fingerprint density at radius 2 is 1.95 bits per heavy atom. The SMILES string of the molecule is Cc1ccc(NC(=O)c2cccc(N)c2Br)c(Br)c1. The second-order valence-corrected chi connectivity index (χ2v) is 5.79. The van der Waals surface area contributed by atoms with Crippen LogP contribution < -0.4 is 11.1 Å². The molecular formula is C14H12Br2N2O. The van der Waals surface area contributed by atoms with Gasteiger partial charge in [-0.25, -0.2) is 0 Å². The van der Waals surface area contributed by atoms with Crippen molar-refractivity contribution in [2.45, 2.75) is 6.92 Å². The molecular weight excluding hydrogens is 372 g/mol. The highest BCUT2D eigenvalue weighted by Gasteiger charge is 2.13. The molecule has 3 N–H and O–H groups in total. The standard InChI is InChI=1S/C14H12Br2N2O/c1-8-5-6-12(10(15)7-8)18-14(19)9-3-2-4-11(17)13(9)16/h2-7H,17H2,1H3,(H,18,19). The Morgan fingerprint density at radius 1 is 1.21 bits per heavy atom. The largest absolute Gasteiger partial charge is 0.398 e. The van der Waals surface area contributed by atoms with Crippen molar-refractivity contribution in [3.05, 3.63) is 56.5 Å². The van der Waals surface area contributed by atoms with Gasteiger partial charge in [-0.1, -0.05) is 12.1 Å². The van der Waals surface area contributed by atoms with Crippen molar-refractivity contribution >= 4 is 49.1 Å². The third-order valence-corrected chi connectivity index (χ3v) is 4.19. The van der Waals surface area contributed by atoms with E-state index in [4.69, 9.17) is 5.73 Å². The first-order valence-corrected chi connectivity index (χ1v) is 7.19. The number of carbonyl (C=O) groups excluding carboxylic acids is 1. The first kappa shape index (κ1) is 14.1. The molecule has 0 bridgehead atoms. The van der Waals surface area contributed by atoms with Crippen molar-refractivity contribution in [3.8, 4) is 0 Å². The van der Waals surface area contributed by atoms with Gasteiger partial charge in [0.05, 0.1) is 15.7 Å². The number of hydrogen-bond acceptors (Lipinski definition) is 2. The Bertz CT molecular complexity index is 641. The van der Waals surface area contributed by atoms with Gasteiger partial charge in [0.1, 0.15) is 0 Å². The number of aryl methyl sites for hydroxylation is 1. The van der Waals surface area contributed by atoms with E-state index in [2.05, 4.69) is 37.2 Å². The van der Waals surface area contributed by atoms with E-state index in [0.29, 0.717) is 15.7 Å². The molecule has 5 heteroatoms. The van der Waals surface area contributed by atoms with Gasteiger partial charge in [0.15, 0.2) is 0 Å². The molecule has 0 atom stereocenters. The molecule has 19 heavy (non-hydrogen) atoms. The van der Waals surface area contributed by atoms with Crippen molar-refractivity contribution in [3.63, 3.8) is 0 Å². The molecule has 0 aliphatic heterocycles. The number of carbonyl (C=O) groups is 1. The topological polar surface area (TPSA) is 55.1 Å². The van der Waals surface area contributed by atoms with Crippen LogP contribution >= 0.6 is 31.9 Å². The first-order valence-electron chi connectivity index (χ1n) is 5.60. The van der Waals surface area contributed by atoms with Crippen molar-refractivity contribution in [2.75, 3.05) is 11.1 Å². The molecule has 2 aromatic carbocycles. The summed E-state index contributed by atoms with van der Waals surface area (Å²) in [5, 5.41) is 2.85. The molecule has 0 saturated heterocycles. The minimum absolute atomic E-state index is 0.205. The minimum atomic E-state index is -0.205. The summed E-state index contributed by atoms with van der Waals surface area (Å²) in [7, 11) is 0. The van der Waals surface area contributed by atoms with E-state index in [-0.39, 0.29) is 5.91 Å². The first-order chi connectivity index (χ1) is 8.99. The van der Waals surface area contributed by atoms with Crippen LogP contribution in [0, 0.1) is 6.92 Å². The summed E-state index contributed by atoms with van der Waals surface area (Å²) in [6.45, 7) is 1.99. The van der Waals surface area contributed by atoms with Gasteiger partial charge in [-0.3, -0.25) is 4.79 Å². The van der Waals surface area contributed by atoms with Crippen LogP contribution in [0.2, 0.25) is 0 Å². The van der Waals surface area contributed by atoms with Crippen LogP contribution in [0.25, 0.3) is 0 Å². The second-order valence-electron chi connectivity index (χ2n) is 4.15. The lowest BCUT2D eigenvalue weighted by Gasteiger charge is -2.10. The van der Waals surface area contributed by atoms with Crippen molar-refractivity contribution in [1.82, 2.24) is 0 Å². The zero-order valence-electron chi connectivity index (χ0n) is 10.2. The lowest BCUT2D eigenvalue weighted by molar-refractivity contribution is 0.102. The summed E-state index contributed by atoms with van der Waals surface area (Å²) >= 11 is 6.76. The number of anilines is 2. The number of nitrogen functional groups attached to an aromatic ring is 1. The van der Waals surface area contributed by atoms with Crippen LogP contribution in [-0.4, -0.2) is 5.91 Å². The van der Waals surface area contributed by atoms with Crippen LogP contribution in [0.3, 0.4) is 0 Å². The fourth-order valence-corrected chi connectivity index (χ4v) is 2.67. The van der Waals surface area contributed by atoms with Crippen LogP contribution in [0.4, 0.5) is 11.4 Å². The molecule has 1 amide bonds. The van der Waals surface area contributed by atoms with Crippen molar-refractivity contribution in [1.29, 1.82) is 0 Å². The lowest BCUT2D eigenvalue weighted by Crippen LogP contribution is -2.13. The molecule has 98 valence electrons. The molecule has 0 fully saturated rings. The van der Waals surface area contributed by atoms with Crippen LogP contribution in [0.15, 0.2) is 45.3 Å². The molecule has 0 radical (unpaired) electrons. The number of nitrogens with one attached hydrogen (secondary N) is 1. The number of amides is 1. The van der Waals surface area contributed by atoms with Gasteiger partial charge >= 0.3 is 0 Å². The zero-order chi connectivity index (χ0) is 14.0. The third-order valence-electron chi connectivity index (χ3n) is 2.65. The highest BCUT2D eigenvalue weighted by Crippen LogP contribution is 2.27. The molecule has 0 aliphatic carbocycles. The molecule has 0 unspecified atom stereocenters. The van der Waals surface area contributed by atoms with Crippen LogP contribution in [0.5, 0.6) is 0 Å². The number of rotatable bonds is 2. The summed E-state index contributed by atoms with van der Waals surface area (Å²) in [4.78, 5) is 12.2. The number of nitrogens with two attached hydrogens (primary N) is 1. The van der Waals surface area contributed by atoms with E-state index in [0.717, 1.165) is 15.7 Å². The normalized spacial score (nSPS) is 10.3. The van der Waals surface area contributed by atoms with E-state index in [1.807, 2.05) is 25.1 Å². The second kappa shape index (κ2) is 5.75. The van der Waals surface area contributed by atoms with E-state index in [9.17, 15) is 4.79 Å². The molecule has 0 aliphatic rings. The average molecular weight is 384 g/mol. The lowest BCUT2D eigenvalue weighted by atomic mass is 10.1. The number of hydrogen-bond donors (Lipinski definition) is 2. The van der Waals surface area contributed by atoms with Gasteiger partial charge in [0.2, 0.25) is 0 Å². The quantitative estimate of drug-likeness (QED) is 0.757. The predicted octanol–water partition coefficient (Wildman–Crippen LogP) is 4.35. The van der Waals surface area contributed by atoms with E-state index in [1.165, 1.54) is 0 Å². The highest BCUT2D eigenvalue weighted by molar-refractivity contribution is 9.11. The summed E-state index contributed by atoms with van der Waals surface area (Å²) in [5.74, 6) is -0.205. The zero-order valence-corrected chi connectivity index (χ0v) is 13.4. The van der Waals surface area contributed by atoms with E-state index < -0.39 is 0 Å². The number of halogens is 2. The summed E-state index contributed by atoms with van der Waals surface area (Å²) in [6.07, 6.45) is 0. The van der Waals surface area contributed by atoms with Gasteiger partial charge in [-0.15, -0.1) is 0 Å². The van der Waals surface area contributed by atoms with Gasteiger partial charge in [0.25, 0.3) is 5.91 Å². The smallest absolute Gasteiger partial charge is 0.256 e. The maximum absolute atomic E-state index is 12.2. The van der Waals surface area contributed by atoms with Crippen molar-refractivity contribution < 1.29 is 4.79 Å². The van der Waals surface area contributed by atoms with E-state index in [1.54, 1.807) is 18.2 Å². The average Bonchev–Trinajstić information content (AvgIpc) is 2.36. The summed E-state index contributed by atoms with van der Waals surface area (Å²) in [5.41, 5.74) is 8.66. The monoisotopic (exact) mass is 382 g/mol. The molecule has 0 spiro atoms. The Labute approximate surface area is 128 Å². The Hall–Kier alpha value is -1.33. The Morgan fingerprint density at radius 3 is 2.63 bits per heavy atom. The minimum Gasteiger partial charge on any atom is -0.398 e. The summed E-state index contributed by atoms with van der Waals surface area (Å²) in [6, 6.07) is 11.0. The molecule has 0 heterocycles. The van der Waals surface area contributed by atoms with Gasteiger partial charge in [-0.05, 0) is 68.6 Å². The fourth-order valence-electron chi connectivity index (χ4n) is 1.64.